The molecule has 0 aliphatic rings. The third-order valence-electron chi connectivity index (χ3n) is 3.28. The molecule has 0 fully saturated rings. The van der Waals surface area contributed by atoms with Crippen LogP contribution in [0.25, 0.3) is 0 Å². The molecule has 1 atom stereocenters. The van der Waals surface area contributed by atoms with Crippen molar-refractivity contribution < 1.29 is 9.13 Å². The van der Waals surface area contributed by atoms with E-state index < -0.39 is 6.10 Å². The molecule has 1 unspecified atom stereocenters. The monoisotopic (exact) mass is 284 g/mol. The molecule has 0 amide bonds. The van der Waals surface area contributed by atoms with E-state index in [1.54, 1.807) is 24.3 Å². The lowest BCUT2D eigenvalue weighted by Crippen LogP contribution is -2.19. The first kappa shape index (κ1) is 15.0. The molecule has 3 nitrogen and oxygen atoms in total. The zero-order valence-electron chi connectivity index (χ0n) is 12.1. The van der Waals surface area contributed by atoms with Crippen molar-refractivity contribution in [1.29, 1.82) is 5.26 Å². The number of nitrogens with zero attached hydrogens (tertiary/aromatic N) is 1. The van der Waals surface area contributed by atoms with Crippen LogP contribution in [-0.2, 0) is 0 Å². The number of hydrogen-bond donors (Lipinski definition) is 1. The summed E-state index contributed by atoms with van der Waals surface area (Å²) in [5.41, 5.74) is 8.77. The number of aryl methyl sites for hydroxylation is 2. The van der Waals surface area contributed by atoms with Crippen LogP contribution in [0.4, 0.5) is 4.39 Å². The van der Waals surface area contributed by atoms with Crippen LogP contribution < -0.4 is 10.5 Å². The fraction of sp³-hybridized carbons (Fsp3) is 0.235. The highest BCUT2D eigenvalue weighted by molar-refractivity contribution is 5.47. The Hall–Kier alpha value is -2.38. The van der Waals surface area contributed by atoms with E-state index in [2.05, 4.69) is 6.07 Å². The molecule has 0 spiro atoms. The average molecular weight is 284 g/mol. The van der Waals surface area contributed by atoms with Gasteiger partial charge in [-0.3, -0.25) is 0 Å². The SMILES string of the molecule is Cc1cc(C#N)cc(C)c1OC(CN)c1cccc(F)c1. The van der Waals surface area contributed by atoms with Gasteiger partial charge in [0, 0.05) is 6.54 Å². The van der Waals surface area contributed by atoms with Gasteiger partial charge in [-0.1, -0.05) is 12.1 Å². The Kier molecular flexibility index (Phi) is 4.56. The Balaban J connectivity index is 2.34. The summed E-state index contributed by atoms with van der Waals surface area (Å²) in [6.45, 7) is 3.99. The van der Waals surface area contributed by atoms with Gasteiger partial charge in [0.15, 0.2) is 0 Å². The molecule has 0 aromatic heterocycles. The number of rotatable bonds is 4. The van der Waals surface area contributed by atoms with Gasteiger partial charge in [0.25, 0.3) is 0 Å². The highest BCUT2D eigenvalue weighted by Crippen LogP contribution is 2.29. The molecule has 0 aliphatic carbocycles. The zero-order valence-corrected chi connectivity index (χ0v) is 12.1. The molecular weight excluding hydrogens is 267 g/mol. The van der Waals surface area contributed by atoms with Crippen LogP contribution in [0.15, 0.2) is 36.4 Å². The Morgan fingerprint density at radius 1 is 1.24 bits per heavy atom. The molecule has 0 saturated carbocycles. The van der Waals surface area contributed by atoms with E-state index in [1.807, 2.05) is 13.8 Å². The van der Waals surface area contributed by atoms with E-state index in [0.717, 1.165) is 11.1 Å². The first-order valence-electron chi connectivity index (χ1n) is 6.68. The van der Waals surface area contributed by atoms with Crippen molar-refractivity contribution in [2.24, 2.45) is 5.73 Å². The largest absolute Gasteiger partial charge is 0.484 e. The summed E-state index contributed by atoms with van der Waals surface area (Å²) >= 11 is 0. The molecule has 4 heteroatoms. The highest BCUT2D eigenvalue weighted by atomic mass is 19.1. The average Bonchev–Trinajstić information content (AvgIpc) is 2.46. The van der Waals surface area contributed by atoms with E-state index in [0.29, 0.717) is 16.9 Å². The third-order valence-corrected chi connectivity index (χ3v) is 3.28. The van der Waals surface area contributed by atoms with Crippen molar-refractivity contribution in [2.45, 2.75) is 20.0 Å². The van der Waals surface area contributed by atoms with Gasteiger partial charge in [0.1, 0.15) is 17.7 Å². The van der Waals surface area contributed by atoms with Crippen LogP contribution in [0.2, 0.25) is 0 Å². The molecule has 21 heavy (non-hydrogen) atoms. The summed E-state index contributed by atoms with van der Waals surface area (Å²) in [5, 5.41) is 8.96. The predicted octanol–water partition coefficient (Wildman–Crippen LogP) is 3.39. The van der Waals surface area contributed by atoms with Crippen LogP contribution in [0.5, 0.6) is 5.75 Å². The van der Waals surface area contributed by atoms with Crippen LogP contribution in [0.1, 0.15) is 28.4 Å². The van der Waals surface area contributed by atoms with Gasteiger partial charge in [-0.2, -0.15) is 5.26 Å². The smallest absolute Gasteiger partial charge is 0.136 e. The minimum Gasteiger partial charge on any atom is -0.484 e. The fourth-order valence-corrected chi connectivity index (χ4v) is 2.30. The summed E-state index contributed by atoms with van der Waals surface area (Å²) in [6.07, 6.45) is -0.425. The van der Waals surface area contributed by atoms with Crippen LogP contribution >= 0.6 is 0 Å². The van der Waals surface area contributed by atoms with E-state index in [9.17, 15) is 4.39 Å². The van der Waals surface area contributed by atoms with Gasteiger partial charge in [0.2, 0.25) is 0 Å². The molecule has 0 saturated heterocycles. The first-order valence-corrected chi connectivity index (χ1v) is 6.68. The molecule has 0 bridgehead atoms. The number of benzene rings is 2. The van der Waals surface area contributed by atoms with E-state index in [4.69, 9.17) is 15.7 Å². The molecule has 2 N–H and O–H groups in total. The first-order chi connectivity index (χ1) is 10.0. The minimum atomic E-state index is -0.425. The normalized spacial score (nSPS) is 11.8. The molecule has 0 aliphatic heterocycles. The van der Waals surface area contributed by atoms with Gasteiger partial charge in [-0.15, -0.1) is 0 Å². The fourth-order valence-electron chi connectivity index (χ4n) is 2.30. The van der Waals surface area contributed by atoms with Crippen molar-refractivity contribution in [2.75, 3.05) is 6.54 Å². The molecular formula is C17H17FN2O. The van der Waals surface area contributed by atoms with Gasteiger partial charge in [-0.25, -0.2) is 4.39 Å². The molecule has 108 valence electrons. The van der Waals surface area contributed by atoms with Gasteiger partial charge < -0.3 is 10.5 Å². The van der Waals surface area contributed by atoms with E-state index >= 15 is 0 Å². The summed E-state index contributed by atoms with van der Waals surface area (Å²) in [7, 11) is 0. The maximum atomic E-state index is 13.3. The summed E-state index contributed by atoms with van der Waals surface area (Å²) in [6, 6.07) is 11.9. The quantitative estimate of drug-likeness (QED) is 0.936. The summed E-state index contributed by atoms with van der Waals surface area (Å²) in [5.74, 6) is 0.372. The second-order valence-corrected chi connectivity index (χ2v) is 4.95. The van der Waals surface area contributed by atoms with Crippen molar-refractivity contribution >= 4 is 0 Å². The van der Waals surface area contributed by atoms with Crippen molar-refractivity contribution in [1.82, 2.24) is 0 Å². The number of ether oxygens (including phenoxy) is 1. The lowest BCUT2D eigenvalue weighted by molar-refractivity contribution is 0.211. The zero-order chi connectivity index (χ0) is 15.4. The number of halogens is 1. The third kappa shape index (κ3) is 3.39. The summed E-state index contributed by atoms with van der Waals surface area (Å²) in [4.78, 5) is 0. The van der Waals surface area contributed by atoms with Crippen molar-refractivity contribution in [3.05, 3.63) is 64.5 Å². The van der Waals surface area contributed by atoms with Crippen molar-refractivity contribution in [3.8, 4) is 11.8 Å². The van der Waals surface area contributed by atoms with Gasteiger partial charge in [-0.05, 0) is 54.8 Å². The molecule has 0 heterocycles. The standard InChI is InChI=1S/C17H17FN2O/c1-11-6-13(9-19)7-12(2)17(11)21-16(10-20)14-4-3-5-15(18)8-14/h3-8,16H,10,20H2,1-2H3. The number of nitriles is 1. The van der Waals surface area contributed by atoms with Crippen LogP contribution in [-0.4, -0.2) is 6.54 Å². The Morgan fingerprint density at radius 2 is 1.90 bits per heavy atom. The molecule has 2 aromatic rings. The molecule has 0 radical (unpaired) electrons. The Bertz CT molecular complexity index is 668. The van der Waals surface area contributed by atoms with E-state index in [-0.39, 0.29) is 12.4 Å². The van der Waals surface area contributed by atoms with Crippen LogP contribution in [0, 0.1) is 31.0 Å². The van der Waals surface area contributed by atoms with Gasteiger partial charge in [0.05, 0.1) is 11.6 Å². The number of nitrogens with two attached hydrogens (primary N) is 1. The second kappa shape index (κ2) is 6.38. The lowest BCUT2D eigenvalue weighted by atomic mass is 10.1. The van der Waals surface area contributed by atoms with Crippen molar-refractivity contribution in [3.63, 3.8) is 0 Å². The minimum absolute atomic E-state index is 0.238. The maximum Gasteiger partial charge on any atom is 0.136 e. The summed E-state index contributed by atoms with van der Waals surface area (Å²) < 4.78 is 19.3. The number of hydrogen-bond acceptors (Lipinski definition) is 3. The lowest BCUT2D eigenvalue weighted by Gasteiger charge is -2.21. The molecule has 2 aromatic carbocycles. The van der Waals surface area contributed by atoms with Crippen LogP contribution in [0.3, 0.4) is 0 Å². The molecule has 2 rings (SSSR count). The maximum absolute atomic E-state index is 13.3. The highest BCUT2D eigenvalue weighted by Gasteiger charge is 2.15. The Morgan fingerprint density at radius 3 is 2.43 bits per heavy atom. The second-order valence-electron chi connectivity index (χ2n) is 4.95. The van der Waals surface area contributed by atoms with E-state index in [1.165, 1.54) is 12.1 Å². The van der Waals surface area contributed by atoms with Gasteiger partial charge >= 0.3 is 0 Å². The topological polar surface area (TPSA) is 59.0 Å². The predicted molar refractivity (Wildman–Crippen MR) is 79.5 cm³/mol. The Labute approximate surface area is 123 Å².